The van der Waals surface area contributed by atoms with Gasteiger partial charge in [0.25, 0.3) is 0 Å². The Hall–Kier alpha value is -1.91. The monoisotopic (exact) mass is 335 g/mol. The molecule has 2 aromatic carbocycles. The molecule has 0 radical (unpaired) electrons. The van der Waals surface area contributed by atoms with E-state index in [1.165, 1.54) is 0 Å². The minimum atomic E-state index is 0.113. The maximum Gasteiger partial charge on any atom is 0.203 e. The molecule has 0 aliphatic rings. The van der Waals surface area contributed by atoms with Crippen LogP contribution in [0.4, 0.5) is 0 Å². The number of halogens is 1. The van der Waals surface area contributed by atoms with Gasteiger partial charge < -0.3 is 19.5 Å². The summed E-state index contributed by atoms with van der Waals surface area (Å²) < 4.78 is 16.2. The lowest BCUT2D eigenvalue weighted by Crippen LogP contribution is -2.19. The standard InChI is InChI=1S/C18H22ClNO3/c1-12(14-7-5-6-8-15(14)19)20-11-13-9-10-16(21-2)18(23-4)17(13)22-3/h5-10,12,20H,11H2,1-4H3. The van der Waals surface area contributed by atoms with E-state index in [0.29, 0.717) is 23.8 Å². The smallest absolute Gasteiger partial charge is 0.203 e. The number of benzene rings is 2. The molecular weight excluding hydrogens is 314 g/mol. The number of rotatable bonds is 7. The summed E-state index contributed by atoms with van der Waals surface area (Å²) in [5.74, 6) is 1.91. The molecule has 0 aliphatic heterocycles. The molecule has 23 heavy (non-hydrogen) atoms. The molecule has 5 heteroatoms. The SMILES string of the molecule is COc1ccc(CNC(C)c2ccccc2Cl)c(OC)c1OC. The van der Waals surface area contributed by atoms with Crippen LogP contribution in [0.25, 0.3) is 0 Å². The lowest BCUT2D eigenvalue weighted by atomic mass is 10.1. The van der Waals surface area contributed by atoms with Crippen molar-refractivity contribution in [1.29, 1.82) is 0 Å². The third-order valence-electron chi connectivity index (χ3n) is 3.76. The van der Waals surface area contributed by atoms with Crippen LogP contribution in [0.1, 0.15) is 24.1 Å². The van der Waals surface area contributed by atoms with Crippen molar-refractivity contribution in [2.45, 2.75) is 19.5 Å². The van der Waals surface area contributed by atoms with Crippen LogP contribution in [-0.2, 0) is 6.54 Å². The van der Waals surface area contributed by atoms with Gasteiger partial charge in [-0.1, -0.05) is 35.9 Å². The zero-order valence-electron chi connectivity index (χ0n) is 13.9. The van der Waals surface area contributed by atoms with E-state index in [4.69, 9.17) is 25.8 Å². The minimum absolute atomic E-state index is 0.113. The van der Waals surface area contributed by atoms with Crippen molar-refractivity contribution in [3.63, 3.8) is 0 Å². The summed E-state index contributed by atoms with van der Waals surface area (Å²) in [6.07, 6.45) is 0. The molecule has 0 aliphatic carbocycles. The van der Waals surface area contributed by atoms with Gasteiger partial charge in [0.1, 0.15) is 0 Å². The molecule has 2 rings (SSSR count). The van der Waals surface area contributed by atoms with E-state index < -0.39 is 0 Å². The highest BCUT2D eigenvalue weighted by Gasteiger charge is 2.16. The average molecular weight is 336 g/mol. The topological polar surface area (TPSA) is 39.7 Å². The number of hydrogen-bond donors (Lipinski definition) is 1. The Morgan fingerprint density at radius 1 is 0.957 bits per heavy atom. The van der Waals surface area contributed by atoms with E-state index in [2.05, 4.69) is 12.2 Å². The summed E-state index contributed by atoms with van der Waals surface area (Å²) in [7, 11) is 4.83. The highest BCUT2D eigenvalue weighted by molar-refractivity contribution is 6.31. The Balaban J connectivity index is 2.19. The fourth-order valence-corrected chi connectivity index (χ4v) is 2.80. The van der Waals surface area contributed by atoms with Gasteiger partial charge >= 0.3 is 0 Å². The van der Waals surface area contributed by atoms with Crippen molar-refractivity contribution >= 4 is 11.6 Å². The molecule has 1 unspecified atom stereocenters. The molecular formula is C18H22ClNO3. The Bertz CT molecular complexity index is 661. The molecule has 0 bridgehead atoms. The van der Waals surface area contributed by atoms with Crippen molar-refractivity contribution in [3.8, 4) is 17.2 Å². The molecule has 2 aromatic rings. The molecule has 1 atom stereocenters. The maximum absolute atomic E-state index is 6.25. The second-order valence-electron chi connectivity index (χ2n) is 5.12. The Morgan fingerprint density at radius 3 is 2.26 bits per heavy atom. The van der Waals surface area contributed by atoms with Gasteiger partial charge in [-0.2, -0.15) is 0 Å². The second kappa shape index (κ2) is 8.09. The molecule has 0 aromatic heterocycles. The Labute approximate surface area is 142 Å². The molecule has 1 N–H and O–H groups in total. The molecule has 0 saturated carbocycles. The zero-order chi connectivity index (χ0) is 16.8. The second-order valence-corrected chi connectivity index (χ2v) is 5.52. The lowest BCUT2D eigenvalue weighted by Gasteiger charge is -2.19. The largest absolute Gasteiger partial charge is 0.493 e. The summed E-state index contributed by atoms with van der Waals surface area (Å²) in [4.78, 5) is 0. The quantitative estimate of drug-likeness (QED) is 0.822. The number of nitrogens with one attached hydrogen (secondary N) is 1. The Morgan fingerprint density at radius 2 is 1.65 bits per heavy atom. The van der Waals surface area contributed by atoms with Gasteiger partial charge in [0.15, 0.2) is 11.5 Å². The van der Waals surface area contributed by atoms with Crippen molar-refractivity contribution in [1.82, 2.24) is 5.32 Å². The highest BCUT2D eigenvalue weighted by Crippen LogP contribution is 2.39. The summed E-state index contributed by atoms with van der Waals surface area (Å²) in [5, 5.41) is 4.21. The first kappa shape index (κ1) is 17.4. The molecule has 0 fully saturated rings. The van der Waals surface area contributed by atoms with E-state index in [0.717, 1.165) is 16.1 Å². The lowest BCUT2D eigenvalue weighted by molar-refractivity contribution is 0.321. The molecule has 124 valence electrons. The zero-order valence-corrected chi connectivity index (χ0v) is 14.6. The highest BCUT2D eigenvalue weighted by atomic mass is 35.5. The molecule has 0 heterocycles. The van der Waals surface area contributed by atoms with Gasteiger partial charge in [-0.05, 0) is 24.6 Å². The van der Waals surface area contributed by atoms with Crippen LogP contribution in [-0.4, -0.2) is 21.3 Å². The molecule has 4 nitrogen and oxygen atoms in total. The van der Waals surface area contributed by atoms with Crippen LogP contribution in [0.5, 0.6) is 17.2 Å². The van der Waals surface area contributed by atoms with Gasteiger partial charge in [0, 0.05) is 23.2 Å². The van der Waals surface area contributed by atoms with Crippen LogP contribution in [0, 0.1) is 0 Å². The summed E-state index contributed by atoms with van der Waals surface area (Å²) >= 11 is 6.25. The van der Waals surface area contributed by atoms with Crippen molar-refractivity contribution in [2.24, 2.45) is 0 Å². The van der Waals surface area contributed by atoms with Gasteiger partial charge in [-0.25, -0.2) is 0 Å². The third-order valence-corrected chi connectivity index (χ3v) is 4.10. The molecule has 0 amide bonds. The average Bonchev–Trinajstić information content (AvgIpc) is 2.58. The minimum Gasteiger partial charge on any atom is -0.493 e. The summed E-state index contributed by atoms with van der Waals surface area (Å²) in [6, 6.07) is 11.8. The summed E-state index contributed by atoms with van der Waals surface area (Å²) in [6.45, 7) is 2.70. The van der Waals surface area contributed by atoms with Crippen LogP contribution in [0.3, 0.4) is 0 Å². The third kappa shape index (κ3) is 3.89. The van der Waals surface area contributed by atoms with Crippen LogP contribution < -0.4 is 19.5 Å². The van der Waals surface area contributed by atoms with E-state index >= 15 is 0 Å². The van der Waals surface area contributed by atoms with Crippen molar-refractivity contribution in [3.05, 3.63) is 52.5 Å². The molecule has 0 spiro atoms. The van der Waals surface area contributed by atoms with Crippen LogP contribution in [0.2, 0.25) is 5.02 Å². The van der Waals surface area contributed by atoms with E-state index in [-0.39, 0.29) is 6.04 Å². The number of ether oxygens (including phenoxy) is 3. The predicted octanol–water partition coefficient (Wildman–Crippen LogP) is 4.22. The van der Waals surface area contributed by atoms with E-state index in [1.807, 2.05) is 36.4 Å². The van der Waals surface area contributed by atoms with E-state index in [9.17, 15) is 0 Å². The van der Waals surface area contributed by atoms with E-state index in [1.54, 1.807) is 21.3 Å². The predicted molar refractivity (Wildman–Crippen MR) is 92.8 cm³/mol. The first-order valence-corrected chi connectivity index (χ1v) is 7.75. The van der Waals surface area contributed by atoms with Crippen molar-refractivity contribution in [2.75, 3.05) is 21.3 Å². The van der Waals surface area contributed by atoms with Crippen LogP contribution in [0.15, 0.2) is 36.4 Å². The van der Waals surface area contributed by atoms with Crippen molar-refractivity contribution < 1.29 is 14.2 Å². The fraction of sp³-hybridized carbons (Fsp3) is 0.333. The number of methoxy groups -OCH3 is 3. The summed E-state index contributed by atoms with van der Waals surface area (Å²) in [5.41, 5.74) is 2.05. The maximum atomic E-state index is 6.25. The van der Waals surface area contributed by atoms with Gasteiger partial charge in [0.05, 0.1) is 21.3 Å². The van der Waals surface area contributed by atoms with Gasteiger partial charge in [0.2, 0.25) is 5.75 Å². The number of hydrogen-bond acceptors (Lipinski definition) is 4. The molecule has 0 saturated heterocycles. The first-order valence-electron chi connectivity index (χ1n) is 7.38. The first-order chi connectivity index (χ1) is 11.1. The fourth-order valence-electron chi connectivity index (χ4n) is 2.50. The normalized spacial score (nSPS) is 11.9. The van der Waals surface area contributed by atoms with Crippen LogP contribution >= 0.6 is 11.6 Å². The Kier molecular flexibility index (Phi) is 6.13. The van der Waals surface area contributed by atoms with Gasteiger partial charge in [-0.3, -0.25) is 0 Å². The van der Waals surface area contributed by atoms with Gasteiger partial charge in [-0.15, -0.1) is 0 Å².